The molecule has 0 radical (unpaired) electrons. The van der Waals surface area contributed by atoms with Crippen molar-refractivity contribution in [3.63, 3.8) is 0 Å². The summed E-state index contributed by atoms with van der Waals surface area (Å²) < 4.78 is 37.5. The molecule has 0 bridgehead atoms. The van der Waals surface area contributed by atoms with E-state index < -0.39 is 9.84 Å². The van der Waals surface area contributed by atoms with Crippen LogP contribution in [0.1, 0.15) is 24.8 Å². The fourth-order valence-electron chi connectivity index (χ4n) is 3.54. The molecule has 4 rings (SSSR count). The summed E-state index contributed by atoms with van der Waals surface area (Å²) in [6.45, 7) is 0.566. The van der Waals surface area contributed by atoms with Crippen molar-refractivity contribution in [2.75, 3.05) is 11.5 Å². The molecule has 1 aliphatic heterocycles. The number of halogens is 1. The maximum Gasteiger partial charge on any atom is 0.151 e. The van der Waals surface area contributed by atoms with Gasteiger partial charge in [-0.2, -0.15) is 0 Å². The summed E-state index contributed by atoms with van der Waals surface area (Å²) in [6.07, 6.45) is 4.58. The molecule has 2 fully saturated rings. The standard InChI is InChI=1S/C17H19FN2O2S/c18-14-8-12-2-1-6-19-17(12)13(9-14)10-20(15-3-4-15)16-5-7-23(21,22)11-16/h1-2,6,8-9,15-16H,3-5,7,10-11H2/t16-/m0/s1. The number of hydrogen-bond donors (Lipinski definition) is 0. The average molecular weight is 334 g/mol. The van der Waals surface area contributed by atoms with Crippen molar-refractivity contribution in [3.05, 3.63) is 41.8 Å². The van der Waals surface area contributed by atoms with E-state index in [9.17, 15) is 12.8 Å². The molecule has 2 heterocycles. The highest BCUT2D eigenvalue weighted by molar-refractivity contribution is 7.91. The van der Waals surface area contributed by atoms with Crippen molar-refractivity contribution in [1.29, 1.82) is 0 Å². The highest BCUT2D eigenvalue weighted by Gasteiger charge is 2.39. The van der Waals surface area contributed by atoms with E-state index in [1.54, 1.807) is 12.3 Å². The molecular formula is C17H19FN2O2S. The summed E-state index contributed by atoms with van der Waals surface area (Å²) in [5.41, 5.74) is 1.65. The van der Waals surface area contributed by atoms with Crippen LogP contribution in [0.4, 0.5) is 4.39 Å². The maximum absolute atomic E-state index is 13.9. The van der Waals surface area contributed by atoms with E-state index >= 15 is 0 Å². The number of fused-ring (bicyclic) bond motifs is 1. The Morgan fingerprint density at radius 2 is 2.04 bits per heavy atom. The molecule has 1 saturated heterocycles. The zero-order valence-electron chi connectivity index (χ0n) is 12.8. The Labute approximate surface area is 135 Å². The highest BCUT2D eigenvalue weighted by Crippen LogP contribution is 2.34. The predicted octanol–water partition coefficient (Wildman–Crippen LogP) is 2.53. The largest absolute Gasteiger partial charge is 0.292 e. The van der Waals surface area contributed by atoms with Crippen LogP contribution >= 0.6 is 0 Å². The second-order valence-corrected chi connectivity index (χ2v) is 8.83. The average Bonchev–Trinajstić information content (AvgIpc) is 3.28. The zero-order chi connectivity index (χ0) is 16.0. The minimum atomic E-state index is -2.92. The van der Waals surface area contributed by atoms with Crippen LogP contribution in [0.25, 0.3) is 10.9 Å². The van der Waals surface area contributed by atoms with E-state index in [0.29, 0.717) is 19.0 Å². The maximum atomic E-state index is 13.9. The van der Waals surface area contributed by atoms with Gasteiger partial charge in [-0.15, -0.1) is 0 Å². The highest BCUT2D eigenvalue weighted by atomic mass is 32.2. The van der Waals surface area contributed by atoms with E-state index in [1.807, 2.05) is 6.07 Å². The lowest BCUT2D eigenvalue weighted by Gasteiger charge is -2.28. The second-order valence-electron chi connectivity index (χ2n) is 6.60. The van der Waals surface area contributed by atoms with Crippen molar-refractivity contribution in [1.82, 2.24) is 9.88 Å². The first-order valence-electron chi connectivity index (χ1n) is 8.01. The van der Waals surface area contributed by atoms with E-state index in [1.165, 1.54) is 12.1 Å². The zero-order valence-corrected chi connectivity index (χ0v) is 13.6. The van der Waals surface area contributed by atoms with Gasteiger partial charge in [0.2, 0.25) is 0 Å². The third-order valence-electron chi connectivity index (χ3n) is 4.79. The van der Waals surface area contributed by atoms with Crippen molar-refractivity contribution < 1.29 is 12.8 Å². The minimum Gasteiger partial charge on any atom is -0.292 e. The molecule has 2 aliphatic rings. The molecular weight excluding hydrogens is 315 g/mol. The molecule has 23 heavy (non-hydrogen) atoms. The van der Waals surface area contributed by atoms with Crippen molar-refractivity contribution in [3.8, 4) is 0 Å². The number of benzene rings is 1. The van der Waals surface area contributed by atoms with Gasteiger partial charge in [0.05, 0.1) is 17.0 Å². The summed E-state index contributed by atoms with van der Waals surface area (Å²) in [4.78, 5) is 6.66. The number of aromatic nitrogens is 1. The summed E-state index contributed by atoms with van der Waals surface area (Å²) in [6, 6.07) is 7.16. The number of hydrogen-bond acceptors (Lipinski definition) is 4. The summed E-state index contributed by atoms with van der Waals surface area (Å²) in [5.74, 6) is 0.225. The van der Waals surface area contributed by atoms with Crippen LogP contribution < -0.4 is 0 Å². The van der Waals surface area contributed by atoms with Crippen LogP contribution in [-0.2, 0) is 16.4 Å². The lowest BCUT2D eigenvalue weighted by Crippen LogP contribution is -2.37. The van der Waals surface area contributed by atoms with Crippen LogP contribution in [0.2, 0.25) is 0 Å². The molecule has 0 unspecified atom stereocenters. The van der Waals surface area contributed by atoms with Crippen LogP contribution in [0.5, 0.6) is 0 Å². The lowest BCUT2D eigenvalue weighted by atomic mass is 10.1. The van der Waals surface area contributed by atoms with Gasteiger partial charge in [0.25, 0.3) is 0 Å². The van der Waals surface area contributed by atoms with Crippen LogP contribution in [0, 0.1) is 5.82 Å². The Morgan fingerprint density at radius 1 is 1.22 bits per heavy atom. The van der Waals surface area contributed by atoms with Gasteiger partial charge in [-0.25, -0.2) is 12.8 Å². The Hall–Kier alpha value is -1.53. The van der Waals surface area contributed by atoms with Gasteiger partial charge >= 0.3 is 0 Å². The molecule has 6 heteroatoms. The molecule has 0 spiro atoms. The Bertz CT molecular complexity index is 849. The molecule has 0 N–H and O–H groups in total. The Kier molecular flexibility index (Phi) is 3.61. The van der Waals surface area contributed by atoms with Gasteiger partial charge in [-0.1, -0.05) is 6.07 Å². The SMILES string of the molecule is O=S1(=O)CC[C@H](N(Cc2cc(F)cc3cccnc23)C2CC2)C1. The quantitative estimate of drug-likeness (QED) is 0.862. The Morgan fingerprint density at radius 3 is 2.74 bits per heavy atom. The number of pyridine rings is 1. The summed E-state index contributed by atoms with van der Waals surface area (Å²) in [5, 5.41) is 0.789. The molecule has 0 amide bonds. The first-order chi connectivity index (χ1) is 11.0. The van der Waals surface area contributed by atoms with Crippen LogP contribution in [0.3, 0.4) is 0 Å². The van der Waals surface area contributed by atoms with E-state index in [0.717, 1.165) is 29.3 Å². The van der Waals surface area contributed by atoms with Gasteiger partial charge in [-0.05, 0) is 43.0 Å². The Balaban J connectivity index is 1.68. The fourth-order valence-corrected chi connectivity index (χ4v) is 5.29. The van der Waals surface area contributed by atoms with Gasteiger partial charge in [0.1, 0.15) is 5.82 Å². The van der Waals surface area contributed by atoms with E-state index in [-0.39, 0.29) is 23.4 Å². The number of nitrogens with zero attached hydrogens (tertiary/aromatic N) is 2. The van der Waals surface area contributed by atoms with Crippen molar-refractivity contribution >= 4 is 20.7 Å². The molecule has 1 atom stereocenters. The first kappa shape index (κ1) is 15.0. The predicted molar refractivity (Wildman–Crippen MR) is 87.3 cm³/mol. The topological polar surface area (TPSA) is 50.3 Å². The molecule has 1 saturated carbocycles. The van der Waals surface area contributed by atoms with Crippen LogP contribution in [0.15, 0.2) is 30.5 Å². The molecule has 1 aromatic heterocycles. The normalized spacial score (nSPS) is 23.7. The minimum absolute atomic E-state index is 0.0505. The van der Waals surface area contributed by atoms with Crippen molar-refractivity contribution in [2.45, 2.75) is 37.9 Å². The monoisotopic (exact) mass is 334 g/mol. The van der Waals surface area contributed by atoms with E-state index in [2.05, 4.69) is 9.88 Å². The third kappa shape index (κ3) is 3.10. The number of rotatable bonds is 4. The third-order valence-corrected chi connectivity index (χ3v) is 6.55. The van der Waals surface area contributed by atoms with Gasteiger partial charge in [0, 0.05) is 30.2 Å². The van der Waals surface area contributed by atoms with E-state index in [4.69, 9.17) is 0 Å². The van der Waals surface area contributed by atoms with Crippen molar-refractivity contribution in [2.24, 2.45) is 0 Å². The van der Waals surface area contributed by atoms with Crippen LogP contribution in [-0.4, -0.2) is 41.9 Å². The fraction of sp³-hybridized carbons (Fsp3) is 0.471. The number of sulfone groups is 1. The first-order valence-corrected chi connectivity index (χ1v) is 9.83. The molecule has 4 nitrogen and oxygen atoms in total. The summed E-state index contributed by atoms with van der Waals surface area (Å²) in [7, 11) is -2.92. The van der Waals surface area contributed by atoms with Gasteiger partial charge in [-0.3, -0.25) is 9.88 Å². The molecule has 2 aromatic rings. The lowest BCUT2D eigenvalue weighted by molar-refractivity contribution is 0.193. The smallest absolute Gasteiger partial charge is 0.151 e. The second kappa shape index (κ2) is 5.53. The molecule has 1 aromatic carbocycles. The molecule has 1 aliphatic carbocycles. The summed E-state index contributed by atoms with van der Waals surface area (Å²) >= 11 is 0. The van der Waals surface area contributed by atoms with Gasteiger partial charge < -0.3 is 0 Å². The van der Waals surface area contributed by atoms with Gasteiger partial charge in [0.15, 0.2) is 9.84 Å². The molecule has 122 valence electrons.